The summed E-state index contributed by atoms with van der Waals surface area (Å²) in [6.07, 6.45) is 7.54. The van der Waals surface area contributed by atoms with Crippen molar-refractivity contribution in [2.75, 3.05) is 35.7 Å². The van der Waals surface area contributed by atoms with Crippen LogP contribution in [0.4, 0.5) is 27.7 Å². The molecule has 2 aliphatic heterocycles. The van der Waals surface area contributed by atoms with Gasteiger partial charge in [0.15, 0.2) is 5.82 Å². The number of fused-ring (bicyclic) bond motifs is 1. The van der Waals surface area contributed by atoms with Crippen LogP contribution in [0, 0.1) is 5.82 Å². The number of aromatic nitrogens is 4. The van der Waals surface area contributed by atoms with Gasteiger partial charge in [-0.25, -0.2) is 4.39 Å². The van der Waals surface area contributed by atoms with Crippen LogP contribution in [0.1, 0.15) is 58.3 Å². The van der Waals surface area contributed by atoms with Crippen LogP contribution in [0.25, 0.3) is 11.4 Å². The van der Waals surface area contributed by atoms with Gasteiger partial charge in [-0.15, -0.1) is 0 Å². The van der Waals surface area contributed by atoms with E-state index in [0.29, 0.717) is 42.3 Å². The highest BCUT2D eigenvalue weighted by Crippen LogP contribution is 2.42. The predicted octanol–water partition coefficient (Wildman–Crippen LogP) is 4.34. The molecule has 1 saturated heterocycles. The number of nitrogen functional groups attached to an aromatic ring is 1. The van der Waals surface area contributed by atoms with Gasteiger partial charge in [0.1, 0.15) is 5.82 Å². The highest BCUT2D eigenvalue weighted by atomic mass is 19.1. The van der Waals surface area contributed by atoms with Crippen molar-refractivity contribution in [1.29, 1.82) is 0 Å². The number of anilines is 4. The second-order valence-corrected chi connectivity index (χ2v) is 10.8. The standard InChI is InChI=1S/C30H30FN7O3/c31-24-13-19(17-4-5-17)12-18-6-10-38(28(40)26(18)24)25-3-1-2-22(23(25)15-39)27-34-29(32)36-30(35-27)33-20-7-9-37(14-20)21-8-11-41-16-21/h1-3,7,9,12-14,17,21,39H,4-6,8,10-11,15-16H2,(H3,32,33,34,35,36)/t21-/m1/s1. The highest BCUT2D eigenvalue weighted by Gasteiger charge is 2.33. The number of hydrogen-bond donors (Lipinski definition) is 3. The van der Waals surface area contributed by atoms with E-state index in [1.54, 1.807) is 18.2 Å². The number of carbonyl (C=O) groups is 1. The van der Waals surface area contributed by atoms with E-state index < -0.39 is 11.7 Å². The summed E-state index contributed by atoms with van der Waals surface area (Å²) in [7, 11) is 0. The third-order valence-electron chi connectivity index (χ3n) is 8.10. The molecule has 0 radical (unpaired) electrons. The molecular weight excluding hydrogens is 525 g/mol. The summed E-state index contributed by atoms with van der Waals surface area (Å²) in [4.78, 5) is 28.3. The van der Waals surface area contributed by atoms with Crippen LogP contribution in [0.2, 0.25) is 0 Å². The van der Waals surface area contributed by atoms with Crippen LogP contribution >= 0.6 is 0 Å². The number of aliphatic hydroxyl groups excluding tert-OH is 1. The number of halogens is 1. The number of rotatable bonds is 7. The number of aliphatic hydroxyl groups is 1. The highest BCUT2D eigenvalue weighted by molar-refractivity contribution is 6.09. The van der Waals surface area contributed by atoms with Gasteiger partial charge in [0, 0.05) is 36.7 Å². The normalized spacial score (nSPS) is 18.5. The summed E-state index contributed by atoms with van der Waals surface area (Å²) < 4.78 is 22.8. The van der Waals surface area contributed by atoms with Gasteiger partial charge < -0.3 is 30.4 Å². The largest absolute Gasteiger partial charge is 0.392 e. The third kappa shape index (κ3) is 4.81. The smallest absolute Gasteiger partial charge is 0.261 e. The molecule has 2 aromatic heterocycles. The fourth-order valence-electron chi connectivity index (χ4n) is 5.85. The van der Waals surface area contributed by atoms with Crippen molar-refractivity contribution in [3.63, 3.8) is 0 Å². The molecule has 1 amide bonds. The second-order valence-electron chi connectivity index (χ2n) is 10.8. The average Bonchev–Trinajstić information content (AvgIpc) is 3.47. The number of nitrogens with one attached hydrogen (secondary N) is 1. The van der Waals surface area contributed by atoms with Gasteiger partial charge in [-0.1, -0.05) is 18.2 Å². The second kappa shape index (κ2) is 10.2. The number of hydrogen-bond acceptors (Lipinski definition) is 8. The summed E-state index contributed by atoms with van der Waals surface area (Å²) in [5.74, 6) is -0.0106. The first-order valence-corrected chi connectivity index (χ1v) is 13.9. The predicted molar refractivity (Wildman–Crippen MR) is 152 cm³/mol. The third-order valence-corrected chi connectivity index (χ3v) is 8.10. The minimum absolute atomic E-state index is 0.00642. The maximum absolute atomic E-state index is 15.2. The Bertz CT molecular complexity index is 1650. The fraction of sp³-hybridized carbons (Fsp3) is 0.333. The lowest BCUT2D eigenvalue weighted by atomic mass is 9.93. The van der Waals surface area contributed by atoms with Crippen LogP contribution in [-0.4, -0.2) is 50.3 Å². The van der Waals surface area contributed by atoms with E-state index in [-0.39, 0.29) is 35.9 Å². The molecule has 0 spiro atoms. The van der Waals surface area contributed by atoms with Crippen molar-refractivity contribution in [1.82, 2.24) is 19.5 Å². The number of carbonyl (C=O) groups excluding carboxylic acids is 1. The van der Waals surface area contributed by atoms with E-state index >= 15 is 4.39 Å². The number of benzene rings is 2. The Kier molecular flexibility index (Phi) is 6.40. The van der Waals surface area contributed by atoms with Gasteiger partial charge in [-0.2, -0.15) is 15.0 Å². The van der Waals surface area contributed by atoms with Crippen LogP contribution in [0.15, 0.2) is 48.8 Å². The van der Waals surface area contributed by atoms with E-state index in [2.05, 4.69) is 24.8 Å². The minimum atomic E-state index is -0.490. The van der Waals surface area contributed by atoms with E-state index in [4.69, 9.17) is 10.5 Å². The van der Waals surface area contributed by atoms with E-state index in [1.807, 2.05) is 24.5 Å². The van der Waals surface area contributed by atoms with Gasteiger partial charge >= 0.3 is 0 Å². The first kappa shape index (κ1) is 25.6. The molecule has 2 fully saturated rings. The Labute approximate surface area is 236 Å². The van der Waals surface area contributed by atoms with Gasteiger partial charge in [0.2, 0.25) is 11.9 Å². The zero-order valence-corrected chi connectivity index (χ0v) is 22.4. The summed E-state index contributed by atoms with van der Waals surface area (Å²) in [6.45, 7) is 1.41. The maximum Gasteiger partial charge on any atom is 0.261 e. The zero-order valence-electron chi connectivity index (χ0n) is 22.4. The zero-order chi connectivity index (χ0) is 28.1. The van der Waals surface area contributed by atoms with E-state index in [9.17, 15) is 9.90 Å². The minimum Gasteiger partial charge on any atom is -0.392 e. The molecule has 210 valence electrons. The lowest BCUT2D eigenvalue weighted by molar-refractivity contribution is 0.0976. The van der Waals surface area contributed by atoms with Crippen molar-refractivity contribution in [2.45, 2.75) is 44.2 Å². The quantitative estimate of drug-likeness (QED) is 0.307. The van der Waals surface area contributed by atoms with Crippen molar-refractivity contribution in [3.8, 4) is 11.4 Å². The maximum atomic E-state index is 15.2. The molecule has 0 unspecified atom stereocenters. The molecule has 11 heteroatoms. The summed E-state index contributed by atoms with van der Waals surface area (Å²) in [6, 6.07) is 11.0. The molecule has 1 atom stereocenters. The Morgan fingerprint density at radius 3 is 2.80 bits per heavy atom. The molecule has 10 nitrogen and oxygen atoms in total. The summed E-state index contributed by atoms with van der Waals surface area (Å²) >= 11 is 0. The number of nitrogens with zero attached hydrogens (tertiary/aromatic N) is 5. The monoisotopic (exact) mass is 555 g/mol. The van der Waals surface area contributed by atoms with Gasteiger partial charge in [0.05, 0.1) is 36.2 Å². The molecule has 3 aliphatic rings. The molecule has 41 heavy (non-hydrogen) atoms. The molecule has 1 aliphatic carbocycles. The molecule has 4 aromatic rings. The lowest BCUT2D eigenvalue weighted by Gasteiger charge is -2.31. The van der Waals surface area contributed by atoms with Crippen LogP contribution in [0.3, 0.4) is 0 Å². The topological polar surface area (TPSA) is 131 Å². The number of ether oxygens (including phenoxy) is 1. The molecular formula is C30H30FN7O3. The van der Waals surface area contributed by atoms with Crippen molar-refractivity contribution >= 4 is 29.2 Å². The first-order valence-electron chi connectivity index (χ1n) is 13.9. The SMILES string of the molecule is Nc1nc(Nc2ccn([C@@H]3CCOC3)c2)nc(-c2cccc(N3CCc4cc(C5CC5)cc(F)c4C3=O)c2CO)n1. The Morgan fingerprint density at radius 1 is 1.15 bits per heavy atom. The van der Waals surface area contributed by atoms with Gasteiger partial charge in [0.25, 0.3) is 5.91 Å². The number of amides is 1. The first-order chi connectivity index (χ1) is 20.0. The van der Waals surface area contributed by atoms with Crippen molar-refractivity contribution in [2.24, 2.45) is 0 Å². The average molecular weight is 556 g/mol. The van der Waals surface area contributed by atoms with Crippen LogP contribution < -0.4 is 16.0 Å². The van der Waals surface area contributed by atoms with E-state index in [0.717, 1.165) is 42.7 Å². The molecule has 7 rings (SSSR count). The molecule has 1 saturated carbocycles. The van der Waals surface area contributed by atoms with Crippen molar-refractivity contribution in [3.05, 3.63) is 76.9 Å². The van der Waals surface area contributed by atoms with Crippen LogP contribution in [0.5, 0.6) is 0 Å². The lowest BCUT2D eigenvalue weighted by Crippen LogP contribution is -2.39. The summed E-state index contributed by atoms with van der Waals surface area (Å²) in [5, 5.41) is 13.7. The Morgan fingerprint density at radius 2 is 2.02 bits per heavy atom. The fourth-order valence-corrected chi connectivity index (χ4v) is 5.85. The van der Waals surface area contributed by atoms with E-state index in [1.165, 1.54) is 11.0 Å². The molecule has 4 N–H and O–H groups in total. The molecule has 0 bridgehead atoms. The van der Waals surface area contributed by atoms with Gasteiger partial charge in [-0.3, -0.25) is 4.79 Å². The Balaban J connectivity index is 1.19. The molecule has 2 aromatic carbocycles. The summed E-state index contributed by atoms with van der Waals surface area (Å²) in [5.41, 5.74) is 10.1. The van der Waals surface area contributed by atoms with Gasteiger partial charge in [-0.05, 0) is 60.9 Å². The Hall–Kier alpha value is -4.35. The number of nitrogens with two attached hydrogens (primary N) is 1. The van der Waals surface area contributed by atoms with Crippen molar-refractivity contribution < 1.29 is 19.0 Å². The van der Waals surface area contributed by atoms with Crippen LogP contribution in [-0.2, 0) is 17.8 Å². The molecule has 4 heterocycles.